The largest absolute Gasteiger partial charge is 0.355 e. The van der Waals surface area contributed by atoms with Crippen LogP contribution in [0.5, 0.6) is 0 Å². The third-order valence-corrected chi connectivity index (χ3v) is 3.17. The van der Waals surface area contributed by atoms with Crippen molar-refractivity contribution in [1.29, 1.82) is 0 Å². The molecule has 0 aromatic carbocycles. The molecule has 1 aromatic rings. The lowest BCUT2D eigenvalue weighted by molar-refractivity contribution is -0.124. The number of piperidine rings is 1. The molecule has 0 bridgehead atoms. The number of aromatic nitrogens is 2. The Kier molecular flexibility index (Phi) is 3.46. The number of carbonyl (C=O) groups excluding carboxylic acids is 1. The molecule has 2 N–H and O–H groups in total. The maximum atomic E-state index is 11.5. The molecule has 0 aliphatic carbocycles. The van der Waals surface area contributed by atoms with Crippen molar-refractivity contribution in [2.75, 3.05) is 6.54 Å². The van der Waals surface area contributed by atoms with Gasteiger partial charge in [0.05, 0.1) is 18.8 Å². The second-order valence-electron chi connectivity index (χ2n) is 3.92. The number of halogens is 1. The molecule has 16 heavy (non-hydrogen) atoms. The maximum absolute atomic E-state index is 11.5. The van der Waals surface area contributed by atoms with E-state index in [2.05, 4.69) is 15.6 Å². The van der Waals surface area contributed by atoms with Crippen molar-refractivity contribution in [3.63, 3.8) is 0 Å². The van der Waals surface area contributed by atoms with E-state index in [0.717, 1.165) is 25.2 Å². The van der Waals surface area contributed by atoms with Crippen LogP contribution in [-0.2, 0) is 18.4 Å². The van der Waals surface area contributed by atoms with E-state index in [9.17, 15) is 4.79 Å². The number of imidazole rings is 1. The van der Waals surface area contributed by atoms with Crippen molar-refractivity contribution in [1.82, 2.24) is 20.2 Å². The summed E-state index contributed by atoms with van der Waals surface area (Å²) >= 11 is 5.87. The van der Waals surface area contributed by atoms with E-state index in [1.165, 1.54) is 0 Å². The fourth-order valence-electron chi connectivity index (χ4n) is 1.77. The molecule has 0 saturated carbocycles. The van der Waals surface area contributed by atoms with Crippen LogP contribution in [0.3, 0.4) is 0 Å². The van der Waals surface area contributed by atoms with E-state index in [0.29, 0.717) is 11.7 Å². The first-order valence-corrected chi connectivity index (χ1v) is 5.73. The summed E-state index contributed by atoms with van der Waals surface area (Å²) in [7, 11) is 1.85. The highest BCUT2D eigenvalue weighted by atomic mass is 35.5. The summed E-state index contributed by atoms with van der Waals surface area (Å²) in [5.74, 6) is 0.912. The minimum absolute atomic E-state index is 0.0755. The summed E-state index contributed by atoms with van der Waals surface area (Å²) in [4.78, 5) is 15.6. The molecule has 1 aliphatic rings. The lowest BCUT2D eigenvalue weighted by Crippen LogP contribution is -2.48. The highest BCUT2D eigenvalue weighted by Crippen LogP contribution is 2.10. The normalized spacial score (nSPS) is 20.9. The zero-order valence-corrected chi connectivity index (χ0v) is 9.92. The van der Waals surface area contributed by atoms with Crippen molar-refractivity contribution in [2.45, 2.75) is 25.4 Å². The van der Waals surface area contributed by atoms with Gasteiger partial charge in [0, 0.05) is 13.6 Å². The van der Waals surface area contributed by atoms with Gasteiger partial charge in [0.1, 0.15) is 11.0 Å². The maximum Gasteiger partial charge on any atom is 0.237 e. The average Bonchev–Trinajstić information content (AvgIpc) is 2.59. The summed E-state index contributed by atoms with van der Waals surface area (Å²) in [5, 5.41) is 6.62. The lowest BCUT2D eigenvalue weighted by Gasteiger charge is -2.22. The molecule has 1 amide bonds. The van der Waals surface area contributed by atoms with Crippen LogP contribution < -0.4 is 10.6 Å². The fraction of sp³-hybridized carbons (Fsp3) is 0.600. The molecule has 1 unspecified atom stereocenters. The Balaban J connectivity index is 1.91. The Morgan fingerprint density at radius 2 is 2.56 bits per heavy atom. The van der Waals surface area contributed by atoms with E-state index in [1.807, 2.05) is 7.05 Å². The van der Waals surface area contributed by atoms with E-state index in [4.69, 9.17) is 11.6 Å². The van der Waals surface area contributed by atoms with Gasteiger partial charge in [-0.3, -0.25) is 10.1 Å². The molecule has 1 aromatic heterocycles. The predicted octanol–water partition coefficient (Wildman–Crippen LogP) is 0.442. The quantitative estimate of drug-likeness (QED) is 0.809. The Morgan fingerprint density at radius 3 is 3.19 bits per heavy atom. The zero-order valence-electron chi connectivity index (χ0n) is 9.16. The fourth-order valence-corrected chi connectivity index (χ4v) is 1.92. The number of carbonyl (C=O) groups is 1. The van der Waals surface area contributed by atoms with Crippen LogP contribution in [0.25, 0.3) is 0 Å². The number of amides is 1. The third kappa shape index (κ3) is 2.36. The first kappa shape index (κ1) is 11.4. The van der Waals surface area contributed by atoms with E-state index < -0.39 is 0 Å². The number of nitrogens with zero attached hydrogens (tertiary/aromatic N) is 2. The van der Waals surface area contributed by atoms with Crippen LogP contribution in [0.1, 0.15) is 18.7 Å². The third-order valence-electron chi connectivity index (χ3n) is 2.82. The summed E-state index contributed by atoms with van der Waals surface area (Å²) in [5.41, 5.74) is 0. The second-order valence-corrected chi connectivity index (χ2v) is 4.31. The van der Waals surface area contributed by atoms with Gasteiger partial charge in [-0.1, -0.05) is 11.6 Å². The van der Waals surface area contributed by atoms with Gasteiger partial charge >= 0.3 is 0 Å². The molecular formula is C10H15ClN4O. The van der Waals surface area contributed by atoms with Gasteiger partial charge in [-0.15, -0.1) is 0 Å². The number of hydrogen-bond acceptors (Lipinski definition) is 3. The van der Waals surface area contributed by atoms with Gasteiger partial charge in [0.15, 0.2) is 0 Å². The van der Waals surface area contributed by atoms with Crippen molar-refractivity contribution in [2.24, 2.45) is 7.05 Å². The zero-order chi connectivity index (χ0) is 11.5. The molecule has 2 rings (SSSR count). The lowest BCUT2D eigenvalue weighted by atomic mass is 10.1. The summed E-state index contributed by atoms with van der Waals surface area (Å²) in [6, 6.07) is -0.107. The smallest absolute Gasteiger partial charge is 0.237 e. The highest BCUT2D eigenvalue weighted by molar-refractivity contribution is 6.29. The highest BCUT2D eigenvalue weighted by Gasteiger charge is 2.21. The standard InChI is InChI=1S/C10H15ClN4O/c1-15-8(11)5-14-9(15)6-13-7-3-2-4-12-10(7)16/h5,7,13H,2-4,6H2,1H3,(H,12,16). The van der Waals surface area contributed by atoms with Crippen molar-refractivity contribution >= 4 is 17.5 Å². The minimum atomic E-state index is -0.107. The van der Waals surface area contributed by atoms with Gasteiger partial charge in [-0.05, 0) is 12.8 Å². The van der Waals surface area contributed by atoms with Crippen LogP contribution in [0, 0.1) is 0 Å². The number of hydrogen-bond donors (Lipinski definition) is 2. The summed E-state index contributed by atoms with van der Waals surface area (Å²) in [6.45, 7) is 1.34. The van der Waals surface area contributed by atoms with Crippen molar-refractivity contribution in [3.8, 4) is 0 Å². The first-order chi connectivity index (χ1) is 7.68. The van der Waals surface area contributed by atoms with Gasteiger partial charge in [-0.25, -0.2) is 4.98 Å². The first-order valence-electron chi connectivity index (χ1n) is 5.35. The van der Waals surface area contributed by atoms with Gasteiger partial charge in [0.25, 0.3) is 0 Å². The summed E-state index contributed by atoms with van der Waals surface area (Å²) in [6.07, 6.45) is 3.51. The SMILES string of the molecule is Cn1c(Cl)cnc1CNC1CCCNC1=O. The predicted molar refractivity (Wildman–Crippen MR) is 61.1 cm³/mol. The van der Waals surface area contributed by atoms with Crippen LogP contribution in [0.4, 0.5) is 0 Å². The molecule has 0 radical (unpaired) electrons. The molecule has 5 nitrogen and oxygen atoms in total. The molecule has 1 atom stereocenters. The van der Waals surface area contributed by atoms with Crippen molar-refractivity contribution < 1.29 is 4.79 Å². The Hall–Kier alpha value is -1.07. The molecule has 2 heterocycles. The van der Waals surface area contributed by atoms with Crippen LogP contribution in [0.15, 0.2) is 6.20 Å². The van der Waals surface area contributed by atoms with E-state index in [-0.39, 0.29) is 11.9 Å². The molecule has 6 heteroatoms. The molecule has 1 fully saturated rings. The van der Waals surface area contributed by atoms with E-state index in [1.54, 1.807) is 10.8 Å². The monoisotopic (exact) mass is 242 g/mol. The average molecular weight is 243 g/mol. The van der Waals surface area contributed by atoms with Gasteiger partial charge < -0.3 is 9.88 Å². The molecule has 1 saturated heterocycles. The van der Waals surface area contributed by atoms with Crippen LogP contribution >= 0.6 is 11.6 Å². The number of rotatable bonds is 3. The second kappa shape index (κ2) is 4.84. The Bertz CT molecular complexity index is 390. The number of nitrogens with one attached hydrogen (secondary N) is 2. The molecular weight excluding hydrogens is 228 g/mol. The van der Waals surface area contributed by atoms with Crippen molar-refractivity contribution in [3.05, 3.63) is 17.2 Å². The minimum Gasteiger partial charge on any atom is -0.355 e. The molecule has 1 aliphatic heterocycles. The van der Waals surface area contributed by atoms with E-state index >= 15 is 0 Å². The Morgan fingerprint density at radius 1 is 1.75 bits per heavy atom. The van der Waals surface area contributed by atoms with Gasteiger partial charge in [0.2, 0.25) is 5.91 Å². The van der Waals surface area contributed by atoms with Crippen LogP contribution in [0.2, 0.25) is 5.15 Å². The molecule has 0 spiro atoms. The van der Waals surface area contributed by atoms with Gasteiger partial charge in [-0.2, -0.15) is 0 Å². The Labute approximate surface area is 99.2 Å². The van der Waals surface area contributed by atoms with Crippen LogP contribution in [-0.4, -0.2) is 28.0 Å². The molecule has 88 valence electrons. The summed E-state index contributed by atoms with van der Waals surface area (Å²) < 4.78 is 1.80. The topological polar surface area (TPSA) is 59.0 Å².